The molecule has 2 N–H and O–H groups in total. The number of ether oxygens (including phenoxy) is 1. The minimum atomic E-state index is -0.755. The van der Waals surface area contributed by atoms with E-state index in [0.717, 1.165) is 28.7 Å². The summed E-state index contributed by atoms with van der Waals surface area (Å²) in [4.78, 5) is 11.2. The van der Waals surface area contributed by atoms with Gasteiger partial charge in [-0.2, -0.15) is 0 Å². The van der Waals surface area contributed by atoms with Crippen molar-refractivity contribution in [3.05, 3.63) is 58.9 Å². The molecule has 0 fully saturated rings. The quantitative estimate of drug-likeness (QED) is 0.886. The Morgan fingerprint density at radius 2 is 1.87 bits per heavy atom. The van der Waals surface area contributed by atoms with E-state index in [4.69, 9.17) is 10.5 Å². The molecule has 0 spiro atoms. The van der Waals surface area contributed by atoms with Crippen molar-refractivity contribution in [2.45, 2.75) is 33.3 Å². The Morgan fingerprint density at radius 1 is 1.22 bits per heavy atom. The number of hydrogen-bond donors (Lipinski definition) is 1. The van der Waals surface area contributed by atoms with Gasteiger partial charge in [0.2, 0.25) is 0 Å². The summed E-state index contributed by atoms with van der Waals surface area (Å²) in [6.45, 7) is 5.87. The monoisotopic (exact) mass is 313 g/mol. The highest BCUT2D eigenvalue weighted by Gasteiger charge is 2.41. The molecule has 0 aromatic heterocycles. The number of primary amides is 1. The van der Waals surface area contributed by atoms with E-state index in [1.807, 2.05) is 18.2 Å². The maximum Gasteiger partial charge on any atom is 0.405 e. The lowest BCUT2D eigenvalue weighted by atomic mass is 9.87. The van der Waals surface area contributed by atoms with Crippen molar-refractivity contribution >= 4 is 6.09 Å². The number of carbonyl (C=O) groups excluding carboxylic acids is 1. The second kappa shape index (κ2) is 5.37. The van der Waals surface area contributed by atoms with Crippen LogP contribution < -0.4 is 5.73 Å². The SMILES string of the molecule is Cc1cc(-c2ccc3c(c2)CC(C)(C)C3OC(N)=O)ccc1F. The van der Waals surface area contributed by atoms with Gasteiger partial charge in [0.15, 0.2) is 0 Å². The van der Waals surface area contributed by atoms with Crippen LogP contribution in [0.4, 0.5) is 9.18 Å². The van der Waals surface area contributed by atoms with Gasteiger partial charge in [0.05, 0.1) is 0 Å². The molecule has 1 amide bonds. The summed E-state index contributed by atoms with van der Waals surface area (Å²) < 4.78 is 18.8. The van der Waals surface area contributed by atoms with Gasteiger partial charge in [-0.15, -0.1) is 0 Å². The van der Waals surface area contributed by atoms with Crippen LogP contribution in [0.15, 0.2) is 36.4 Å². The van der Waals surface area contributed by atoms with Gasteiger partial charge in [-0.05, 0) is 53.3 Å². The van der Waals surface area contributed by atoms with Gasteiger partial charge in [-0.3, -0.25) is 0 Å². The fourth-order valence-corrected chi connectivity index (χ4v) is 3.36. The largest absolute Gasteiger partial charge is 0.441 e. The lowest BCUT2D eigenvalue weighted by Crippen LogP contribution is -2.25. The van der Waals surface area contributed by atoms with Gasteiger partial charge < -0.3 is 10.5 Å². The van der Waals surface area contributed by atoms with Gasteiger partial charge in [0, 0.05) is 5.41 Å². The van der Waals surface area contributed by atoms with E-state index in [0.29, 0.717) is 5.56 Å². The second-order valence-corrected chi connectivity index (χ2v) is 6.86. The van der Waals surface area contributed by atoms with Crippen LogP contribution in [0.5, 0.6) is 0 Å². The van der Waals surface area contributed by atoms with Crippen molar-refractivity contribution < 1.29 is 13.9 Å². The summed E-state index contributed by atoms with van der Waals surface area (Å²) in [5.74, 6) is -0.203. The third-order valence-electron chi connectivity index (χ3n) is 4.51. The average Bonchev–Trinajstić information content (AvgIpc) is 2.71. The highest BCUT2D eigenvalue weighted by atomic mass is 19.1. The molecule has 0 heterocycles. The topological polar surface area (TPSA) is 52.3 Å². The Labute approximate surface area is 135 Å². The Kier molecular flexibility index (Phi) is 3.63. The van der Waals surface area contributed by atoms with Gasteiger partial charge in [-0.25, -0.2) is 9.18 Å². The van der Waals surface area contributed by atoms with E-state index < -0.39 is 6.09 Å². The van der Waals surface area contributed by atoms with E-state index in [-0.39, 0.29) is 17.3 Å². The molecule has 23 heavy (non-hydrogen) atoms. The molecule has 2 aromatic rings. The van der Waals surface area contributed by atoms with Crippen molar-refractivity contribution in [3.63, 3.8) is 0 Å². The molecule has 4 heteroatoms. The zero-order valence-corrected chi connectivity index (χ0v) is 13.5. The fraction of sp³-hybridized carbons (Fsp3) is 0.316. The number of benzene rings is 2. The van der Waals surface area contributed by atoms with Crippen LogP contribution >= 0.6 is 0 Å². The van der Waals surface area contributed by atoms with E-state index in [1.54, 1.807) is 13.0 Å². The molecule has 0 saturated heterocycles. The number of fused-ring (bicyclic) bond motifs is 1. The molecule has 120 valence electrons. The number of amides is 1. The number of carbonyl (C=O) groups is 1. The first-order valence-corrected chi connectivity index (χ1v) is 7.63. The number of nitrogens with two attached hydrogens (primary N) is 1. The van der Waals surface area contributed by atoms with Gasteiger partial charge in [0.1, 0.15) is 11.9 Å². The predicted molar refractivity (Wildman–Crippen MR) is 87.5 cm³/mol. The minimum absolute atomic E-state index is 0.200. The van der Waals surface area contributed by atoms with Crippen LogP contribution in [-0.4, -0.2) is 6.09 Å². The fourth-order valence-electron chi connectivity index (χ4n) is 3.36. The molecular formula is C19H20FNO2. The van der Waals surface area contributed by atoms with Gasteiger partial charge in [0.25, 0.3) is 0 Å². The van der Waals surface area contributed by atoms with Crippen molar-refractivity contribution in [2.75, 3.05) is 0 Å². The van der Waals surface area contributed by atoms with E-state index in [1.165, 1.54) is 6.07 Å². The van der Waals surface area contributed by atoms with E-state index in [9.17, 15) is 9.18 Å². The van der Waals surface area contributed by atoms with Crippen LogP contribution in [0.3, 0.4) is 0 Å². The summed E-state index contributed by atoms with van der Waals surface area (Å²) in [5.41, 5.74) is 9.77. The predicted octanol–water partition coefficient (Wildman–Crippen LogP) is 4.52. The maximum absolute atomic E-state index is 13.4. The number of hydrogen-bond acceptors (Lipinski definition) is 2. The highest BCUT2D eigenvalue weighted by molar-refractivity contribution is 5.68. The summed E-state index contributed by atoms with van der Waals surface area (Å²) in [7, 11) is 0. The Morgan fingerprint density at radius 3 is 2.52 bits per heavy atom. The molecule has 1 aliphatic carbocycles. The van der Waals surface area contributed by atoms with Crippen LogP contribution in [0, 0.1) is 18.2 Å². The normalized spacial score (nSPS) is 18.5. The van der Waals surface area contributed by atoms with Crippen molar-refractivity contribution in [1.82, 2.24) is 0 Å². The Hall–Kier alpha value is -2.36. The first kappa shape index (κ1) is 15.5. The lowest BCUT2D eigenvalue weighted by molar-refractivity contribution is 0.0392. The van der Waals surface area contributed by atoms with Crippen molar-refractivity contribution in [2.24, 2.45) is 11.1 Å². The summed E-state index contributed by atoms with van der Waals surface area (Å²) >= 11 is 0. The molecule has 0 aliphatic heterocycles. The molecular weight excluding hydrogens is 293 g/mol. The highest BCUT2D eigenvalue weighted by Crippen LogP contribution is 2.48. The summed E-state index contributed by atoms with van der Waals surface area (Å²) in [6, 6.07) is 11.2. The third kappa shape index (κ3) is 2.81. The molecule has 1 aliphatic rings. The molecule has 3 nitrogen and oxygen atoms in total. The minimum Gasteiger partial charge on any atom is -0.441 e. The Bertz CT molecular complexity index is 783. The van der Waals surface area contributed by atoms with Gasteiger partial charge >= 0.3 is 6.09 Å². The standard InChI is InChI=1S/C19H20FNO2/c1-11-8-12(5-7-16(11)20)13-4-6-15-14(9-13)10-19(2,3)17(15)23-18(21)22/h4-9,17H,10H2,1-3H3,(H2,21,22). The lowest BCUT2D eigenvalue weighted by Gasteiger charge is -2.26. The van der Waals surface area contributed by atoms with Crippen LogP contribution in [0.1, 0.15) is 36.6 Å². The molecule has 0 bridgehead atoms. The van der Waals surface area contributed by atoms with E-state index >= 15 is 0 Å². The second-order valence-electron chi connectivity index (χ2n) is 6.86. The average molecular weight is 313 g/mol. The van der Waals surface area contributed by atoms with Crippen molar-refractivity contribution in [3.8, 4) is 11.1 Å². The molecule has 1 atom stereocenters. The third-order valence-corrected chi connectivity index (χ3v) is 4.51. The maximum atomic E-state index is 13.4. The number of aryl methyl sites for hydroxylation is 1. The van der Waals surface area contributed by atoms with E-state index in [2.05, 4.69) is 19.9 Å². The zero-order valence-electron chi connectivity index (χ0n) is 13.5. The molecule has 2 aromatic carbocycles. The van der Waals surface area contributed by atoms with Crippen LogP contribution in [-0.2, 0) is 11.2 Å². The van der Waals surface area contributed by atoms with Crippen LogP contribution in [0.25, 0.3) is 11.1 Å². The van der Waals surface area contributed by atoms with Crippen molar-refractivity contribution in [1.29, 1.82) is 0 Å². The smallest absolute Gasteiger partial charge is 0.405 e. The first-order chi connectivity index (χ1) is 10.8. The molecule has 0 radical (unpaired) electrons. The van der Waals surface area contributed by atoms with Crippen LogP contribution in [0.2, 0.25) is 0 Å². The molecule has 3 rings (SSSR count). The van der Waals surface area contributed by atoms with Gasteiger partial charge in [-0.1, -0.05) is 38.1 Å². The summed E-state index contributed by atoms with van der Waals surface area (Å²) in [6.07, 6.45) is -0.290. The molecule has 0 saturated carbocycles. The first-order valence-electron chi connectivity index (χ1n) is 7.63. The Balaban J connectivity index is 2.01. The zero-order chi connectivity index (χ0) is 16.8. The summed E-state index contributed by atoms with van der Waals surface area (Å²) in [5, 5.41) is 0. The number of rotatable bonds is 2. The molecule has 1 unspecified atom stereocenters. The number of halogens is 1.